The standard InChI is InChI=1S/C30H36FNO3/c1-5-6-17-33-28-26-18-25(32-19-22-11-13-24(31)14-12-22)15-16-27(26)35-30(3,4)29(28)34-20-23-10-8-7-9-21(23)2/h7-16,18,28-29,32H,5-6,17,19-20H2,1-4H3. The van der Waals surface area contributed by atoms with Crippen molar-refractivity contribution in [2.24, 2.45) is 0 Å². The first-order valence-electron chi connectivity index (χ1n) is 12.5. The lowest BCUT2D eigenvalue weighted by molar-refractivity contribution is -0.167. The van der Waals surface area contributed by atoms with Gasteiger partial charge in [-0.25, -0.2) is 4.39 Å². The molecule has 4 rings (SSSR count). The summed E-state index contributed by atoms with van der Waals surface area (Å²) in [5.41, 5.74) is 4.76. The maximum atomic E-state index is 13.2. The molecule has 1 heterocycles. The summed E-state index contributed by atoms with van der Waals surface area (Å²) < 4.78 is 32.7. The van der Waals surface area contributed by atoms with E-state index in [0.29, 0.717) is 19.8 Å². The Morgan fingerprint density at radius 3 is 2.51 bits per heavy atom. The number of hydrogen-bond acceptors (Lipinski definition) is 4. The van der Waals surface area contributed by atoms with Crippen LogP contribution in [-0.4, -0.2) is 18.3 Å². The first kappa shape index (κ1) is 25.2. The summed E-state index contributed by atoms with van der Waals surface area (Å²) in [6, 6.07) is 20.9. The monoisotopic (exact) mass is 477 g/mol. The summed E-state index contributed by atoms with van der Waals surface area (Å²) in [6.07, 6.45) is 1.52. The van der Waals surface area contributed by atoms with Gasteiger partial charge in [-0.2, -0.15) is 0 Å². The van der Waals surface area contributed by atoms with E-state index in [0.717, 1.165) is 41.0 Å². The normalized spacial score (nSPS) is 18.5. The van der Waals surface area contributed by atoms with Crippen LogP contribution in [0, 0.1) is 12.7 Å². The lowest BCUT2D eigenvalue weighted by Gasteiger charge is -2.44. The number of halogens is 1. The van der Waals surface area contributed by atoms with Crippen LogP contribution in [0.25, 0.3) is 0 Å². The van der Waals surface area contributed by atoms with Crippen molar-refractivity contribution in [3.05, 3.63) is 94.8 Å². The molecule has 5 heteroatoms. The Hall–Kier alpha value is -2.89. The molecule has 1 aliphatic heterocycles. The fourth-order valence-electron chi connectivity index (χ4n) is 4.42. The summed E-state index contributed by atoms with van der Waals surface area (Å²) in [5.74, 6) is 0.589. The lowest BCUT2D eigenvalue weighted by atomic mass is 9.87. The van der Waals surface area contributed by atoms with Crippen molar-refractivity contribution in [1.29, 1.82) is 0 Å². The summed E-state index contributed by atoms with van der Waals surface area (Å²) in [7, 11) is 0. The highest BCUT2D eigenvalue weighted by molar-refractivity contribution is 5.54. The van der Waals surface area contributed by atoms with E-state index in [4.69, 9.17) is 14.2 Å². The molecule has 1 aliphatic rings. The fraction of sp³-hybridized carbons (Fsp3) is 0.400. The van der Waals surface area contributed by atoms with Crippen LogP contribution in [0.5, 0.6) is 5.75 Å². The third kappa shape index (κ3) is 6.22. The largest absolute Gasteiger partial charge is 0.485 e. The maximum Gasteiger partial charge on any atom is 0.132 e. The molecule has 0 spiro atoms. The van der Waals surface area contributed by atoms with E-state index < -0.39 is 5.60 Å². The van der Waals surface area contributed by atoms with Crippen molar-refractivity contribution in [3.63, 3.8) is 0 Å². The molecule has 0 radical (unpaired) electrons. The van der Waals surface area contributed by atoms with Crippen molar-refractivity contribution in [1.82, 2.24) is 0 Å². The highest BCUT2D eigenvalue weighted by Crippen LogP contribution is 2.44. The van der Waals surface area contributed by atoms with Crippen LogP contribution in [-0.2, 0) is 22.6 Å². The zero-order chi connectivity index (χ0) is 24.8. The Balaban J connectivity index is 1.58. The summed E-state index contributed by atoms with van der Waals surface area (Å²) in [4.78, 5) is 0. The van der Waals surface area contributed by atoms with Crippen LogP contribution in [0.2, 0.25) is 0 Å². The molecule has 0 fully saturated rings. The van der Waals surface area contributed by atoms with Gasteiger partial charge in [-0.3, -0.25) is 0 Å². The Morgan fingerprint density at radius 1 is 1.00 bits per heavy atom. The molecule has 1 N–H and O–H groups in total. The van der Waals surface area contributed by atoms with Gasteiger partial charge in [0, 0.05) is 24.4 Å². The quantitative estimate of drug-likeness (QED) is 0.310. The van der Waals surface area contributed by atoms with E-state index in [9.17, 15) is 4.39 Å². The smallest absolute Gasteiger partial charge is 0.132 e. The molecule has 0 amide bonds. The van der Waals surface area contributed by atoms with Crippen LogP contribution in [0.15, 0.2) is 66.7 Å². The van der Waals surface area contributed by atoms with E-state index >= 15 is 0 Å². The predicted octanol–water partition coefficient (Wildman–Crippen LogP) is 7.36. The van der Waals surface area contributed by atoms with Crippen LogP contribution < -0.4 is 10.1 Å². The molecule has 2 atom stereocenters. The molecule has 0 aliphatic carbocycles. The fourth-order valence-corrected chi connectivity index (χ4v) is 4.42. The molecule has 0 saturated carbocycles. The number of ether oxygens (including phenoxy) is 3. The van der Waals surface area contributed by atoms with Crippen molar-refractivity contribution in [2.75, 3.05) is 11.9 Å². The molecule has 3 aromatic carbocycles. The topological polar surface area (TPSA) is 39.7 Å². The van der Waals surface area contributed by atoms with Gasteiger partial charge in [0.25, 0.3) is 0 Å². The number of fused-ring (bicyclic) bond motifs is 1. The SMILES string of the molecule is CCCCOC1c2cc(NCc3ccc(F)cc3)ccc2OC(C)(C)C1OCc1ccccc1C. The Kier molecular flexibility index (Phi) is 8.09. The second-order valence-electron chi connectivity index (χ2n) is 9.74. The van der Waals surface area contributed by atoms with Gasteiger partial charge in [0.05, 0.1) is 6.61 Å². The second kappa shape index (κ2) is 11.2. The summed E-state index contributed by atoms with van der Waals surface area (Å²) in [6.45, 7) is 10.1. The van der Waals surface area contributed by atoms with E-state index in [1.807, 2.05) is 24.3 Å². The molecule has 0 bridgehead atoms. The molecule has 0 saturated heterocycles. The van der Waals surface area contributed by atoms with Gasteiger partial charge in [0.2, 0.25) is 0 Å². The number of aryl methyl sites for hydroxylation is 1. The van der Waals surface area contributed by atoms with Crippen LogP contribution in [0.1, 0.15) is 62.0 Å². The van der Waals surface area contributed by atoms with Crippen molar-refractivity contribution in [2.45, 2.75) is 71.5 Å². The molecular formula is C30H36FNO3. The van der Waals surface area contributed by atoms with Gasteiger partial charge in [-0.05, 0) is 74.2 Å². The Morgan fingerprint density at radius 2 is 1.77 bits per heavy atom. The van der Waals surface area contributed by atoms with Gasteiger partial charge < -0.3 is 19.5 Å². The molecule has 35 heavy (non-hydrogen) atoms. The number of hydrogen-bond donors (Lipinski definition) is 1. The van der Waals surface area contributed by atoms with Gasteiger partial charge in [-0.1, -0.05) is 49.7 Å². The summed E-state index contributed by atoms with van der Waals surface area (Å²) in [5, 5.41) is 3.44. The minimum Gasteiger partial charge on any atom is -0.485 e. The number of benzene rings is 3. The molecule has 0 aromatic heterocycles. The molecule has 3 aromatic rings. The molecule has 2 unspecified atom stereocenters. The third-order valence-corrected chi connectivity index (χ3v) is 6.53. The Labute approximate surface area is 208 Å². The number of anilines is 1. The summed E-state index contributed by atoms with van der Waals surface area (Å²) >= 11 is 0. The lowest BCUT2D eigenvalue weighted by Crippen LogP contribution is -2.51. The van der Waals surface area contributed by atoms with Gasteiger partial charge in [0.15, 0.2) is 0 Å². The maximum absolute atomic E-state index is 13.2. The van der Waals surface area contributed by atoms with E-state index in [1.54, 1.807) is 12.1 Å². The zero-order valence-electron chi connectivity index (χ0n) is 21.1. The van der Waals surface area contributed by atoms with Gasteiger partial charge >= 0.3 is 0 Å². The predicted molar refractivity (Wildman–Crippen MR) is 138 cm³/mol. The van der Waals surface area contributed by atoms with Gasteiger partial charge in [0.1, 0.15) is 29.4 Å². The van der Waals surface area contributed by atoms with E-state index in [2.05, 4.69) is 51.2 Å². The number of unbranched alkanes of at least 4 members (excludes halogenated alkanes) is 1. The highest BCUT2D eigenvalue weighted by Gasteiger charge is 2.45. The van der Waals surface area contributed by atoms with Crippen molar-refractivity contribution in [3.8, 4) is 5.75 Å². The molecule has 4 nitrogen and oxygen atoms in total. The molecular weight excluding hydrogens is 441 g/mol. The average Bonchev–Trinajstić information content (AvgIpc) is 2.84. The van der Waals surface area contributed by atoms with Crippen molar-refractivity contribution >= 4 is 5.69 Å². The second-order valence-corrected chi connectivity index (χ2v) is 9.74. The van der Waals surface area contributed by atoms with E-state index in [1.165, 1.54) is 17.7 Å². The minimum absolute atomic E-state index is 0.230. The zero-order valence-corrected chi connectivity index (χ0v) is 21.1. The van der Waals surface area contributed by atoms with Gasteiger partial charge in [-0.15, -0.1) is 0 Å². The van der Waals surface area contributed by atoms with Crippen LogP contribution in [0.3, 0.4) is 0 Å². The minimum atomic E-state index is -0.560. The first-order valence-corrected chi connectivity index (χ1v) is 12.5. The molecule has 186 valence electrons. The van der Waals surface area contributed by atoms with Crippen LogP contribution in [0.4, 0.5) is 10.1 Å². The van der Waals surface area contributed by atoms with Crippen molar-refractivity contribution < 1.29 is 18.6 Å². The third-order valence-electron chi connectivity index (χ3n) is 6.53. The first-order chi connectivity index (χ1) is 16.9. The number of rotatable bonds is 10. The van der Waals surface area contributed by atoms with Crippen LogP contribution >= 0.6 is 0 Å². The van der Waals surface area contributed by atoms with E-state index in [-0.39, 0.29) is 18.0 Å². The Bertz CT molecular complexity index is 1110. The highest BCUT2D eigenvalue weighted by atomic mass is 19.1. The number of nitrogens with one attached hydrogen (secondary N) is 1. The average molecular weight is 478 g/mol.